The number of halogens is 3. The molecular formula is C7H5F3NO2-. The fourth-order valence-corrected chi connectivity index (χ4v) is 0.482. The van der Waals surface area contributed by atoms with Gasteiger partial charge in [-0.1, -0.05) is 0 Å². The highest BCUT2D eigenvalue weighted by Crippen LogP contribution is 2.22. The summed E-state index contributed by atoms with van der Waals surface area (Å²) in [4.78, 5) is 10.0. The molecule has 0 fully saturated rings. The summed E-state index contributed by atoms with van der Waals surface area (Å²) < 4.78 is 36.4. The summed E-state index contributed by atoms with van der Waals surface area (Å²) in [6, 6.07) is 1.04. The maximum Gasteiger partial charge on any atom is 0.275 e. The van der Waals surface area contributed by atoms with Crippen molar-refractivity contribution in [1.82, 2.24) is 0 Å². The minimum absolute atomic E-state index is 0.0347. The summed E-state index contributed by atoms with van der Waals surface area (Å²) in [6.45, 7) is 0.470. The van der Waals surface area contributed by atoms with Crippen LogP contribution in [0.3, 0.4) is 0 Å². The van der Waals surface area contributed by atoms with Crippen LogP contribution < -0.4 is 5.11 Å². The number of hydrogen-bond donors (Lipinski definition) is 0. The van der Waals surface area contributed by atoms with Gasteiger partial charge in [0.15, 0.2) is 5.67 Å². The van der Waals surface area contributed by atoms with E-state index in [4.69, 9.17) is 5.26 Å². The lowest BCUT2D eigenvalue weighted by atomic mass is 10.1. The number of alkyl halides is 3. The van der Waals surface area contributed by atoms with E-state index < -0.39 is 23.6 Å². The van der Waals surface area contributed by atoms with Crippen molar-refractivity contribution < 1.29 is 23.1 Å². The first-order chi connectivity index (χ1) is 5.81. The average molecular weight is 192 g/mol. The molecule has 0 amide bonds. The third-order valence-electron chi connectivity index (χ3n) is 1.19. The van der Waals surface area contributed by atoms with E-state index in [1.165, 1.54) is 0 Å². The summed E-state index contributed by atoms with van der Waals surface area (Å²) in [5.74, 6) is -1.98. The molecule has 0 aromatic heterocycles. The lowest BCUT2D eigenvalue weighted by Crippen LogP contribution is -2.30. The molecule has 0 rings (SSSR count). The minimum Gasteiger partial charge on any atom is -0.544 e. The maximum absolute atomic E-state index is 12.7. The highest BCUT2D eigenvalue weighted by Gasteiger charge is 2.33. The zero-order valence-electron chi connectivity index (χ0n) is 6.55. The molecule has 0 aliphatic carbocycles. The summed E-state index contributed by atoms with van der Waals surface area (Å²) >= 11 is 0. The second kappa shape index (κ2) is 3.94. The number of carboxylic acids is 1. The Morgan fingerprint density at radius 2 is 2.15 bits per heavy atom. The van der Waals surface area contributed by atoms with Gasteiger partial charge in [-0.25, -0.2) is 13.2 Å². The molecule has 0 bridgehead atoms. The summed E-state index contributed by atoms with van der Waals surface area (Å²) in [7, 11) is 0. The number of carbonyl (C=O) groups is 1. The van der Waals surface area contributed by atoms with Gasteiger partial charge in [0.1, 0.15) is 6.07 Å². The first kappa shape index (κ1) is 11.5. The van der Waals surface area contributed by atoms with Gasteiger partial charge in [0, 0.05) is 0 Å². The summed E-state index contributed by atoms with van der Waals surface area (Å²) in [6.07, 6.45) is -3.36. The van der Waals surface area contributed by atoms with E-state index in [0.717, 1.165) is 6.07 Å². The zero-order valence-corrected chi connectivity index (χ0v) is 6.55. The van der Waals surface area contributed by atoms with Crippen molar-refractivity contribution in [2.75, 3.05) is 0 Å². The maximum atomic E-state index is 12.7. The van der Waals surface area contributed by atoms with Crippen molar-refractivity contribution in [2.24, 2.45) is 0 Å². The Balaban J connectivity index is 4.92. The van der Waals surface area contributed by atoms with E-state index in [2.05, 4.69) is 0 Å². The topological polar surface area (TPSA) is 63.9 Å². The van der Waals surface area contributed by atoms with Gasteiger partial charge in [-0.15, -0.1) is 0 Å². The molecular weight excluding hydrogens is 187 g/mol. The molecule has 0 spiro atoms. The highest BCUT2D eigenvalue weighted by molar-refractivity contribution is 5.89. The number of rotatable bonds is 3. The van der Waals surface area contributed by atoms with Gasteiger partial charge >= 0.3 is 0 Å². The van der Waals surface area contributed by atoms with Crippen LogP contribution in [0.4, 0.5) is 13.2 Å². The molecule has 0 heterocycles. The number of hydrogen-bond acceptors (Lipinski definition) is 3. The zero-order chi connectivity index (χ0) is 10.6. The predicted octanol–water partition coefficient (Wildman–Crippen LogP) is 0.180. The van der Waals surface area contributed by atoms with Gasteiger partial charge in [-0.3, -0.25) is 0 Å². The molecule has 6 heteroatoms. The highest BCUT2D eigenvalue weighted by atomic mass is 19.3. The SMILES string of the molecule is CC(F)(C=C(C#N)C(=O)[O-])C(F)F. The standard InChI is InChI=1S/C7H6F3NO2/c1-7(10,6(8)9)2-4(3-11)5(12)13/h2,6H,1H3,(H,12,13)/p-1. The molecule has 0 saturated heterocycles. The van der Waals surface area contributed by atoms with Gasteiger partial charge in [-0.05, 0) is 13.0 Å². The van der Waals surface area contributed by atoms with Crippen molar-refractivity contribution in [3.63, 3.8) is 0 Å². The van der Waals surface area contributed by atoms with Crippen LogP contribution in [0.15, 0.2) is 11.6 Å². The molecule has 0 aromatic rings. The molecule has 0 radical (unpaired) electrons. The lowest BCUT2D eigenvalue weighted by molar-refractivity contribution is -0.298. The van der Waals surface area contributed by atoms with Crippen LogP contribution in [0.25, 0.3) is 0 Å². The molecule has 0 saturated carbocycles. The van der Waals surface area contributed by atoms with Crippen LogP contribution in [0.2, 0.25) is 0 Å². The molecule has 0 aromatic carbocycles. The molecule has 1 atom stereocenters. The first-order valence-corrected chi connectivity index (χ1v) is 3.12. The molecule has 13 heavy (non-hydrogen) atoms. The Morgan fingerprint density at radius 3 is 2.38 bits per heavy atom. The number of carbonyl (C=O) groups excluding carboxylic acids is 1. The lowest BCUT2D eigenvalue weighted by Gasteiger charge is -2.15. The predicted molar refractivity (Wildman–Crippen MR) is 34.2 cm³/mol. The molecule has 0 aliphatic rings. The van der Waals surface area contributed by atoms with E-state index in [-0.39, 0.29) is 6.08 Å². The molecule has 3 nitrogen and oxygen atoms in total. The normalized spacial score (nSPS) is 16.5. The van der Waals surface area contributed by atoms with Gasteiger partial charge < -0.3 is 9.90 Å². The number of allylic oxidation sites excluding steroid dienone is 1. The number of nitriles is 1. The van der Waals surface area contributed by atoms with Gasteiger partial charge in [0.05, 0.1) is 11.5 Å². The van der Waals surface area contributed by atoms with Gasteiger partial charge in [-0.2, -0.15) is 5.26 Å². The van der Waals surface area contributed by atoms with Crippen molar-refractivity contribution in [1.29, 1.82) is 5.26 Å². The number of carboxylic acid groups (broad SMARTS) is 1. The Labute approximate surface area is 72.1 Å². The third-order valence-corrected chi connectivity index (χ3v) is 1.19. The van der Waals surface area contributed by atoms with Crippen LogP contribution in [-0.4, -0.2) is 18.1 Å². The van der Waals surface area contributed by atoms with Crippen molar-refractivity contribution in [3.05, 3.63) is 11.6 Å². The quantitative estimate of drug-likeness (QED) is 0.473. The second-order valence-electron chi connectivity index (χ2n) is 2.41. The average Bonchev–Trinajstić information content (AvgIpc) is 1.99. The Hall–Kier alpha value is -1.51. The minimum atomic E-state index is -3.39. The number of aliphatic carboxylic acids is 1. The van der Waals surface area contributed by atoms with Gasteiger partial charge in [0.2, 0.25) is 0 Å². The van der Waals surface area contributed by atoms with E-state index in [1.54, 1.807) is 0 Å². The largest absolute Gasteiger partial charge is 0.544 e. The molecule has 1 unspecified atom stereocenters. The molecule has 0 N–H and O–H groups in total. The monoisotopic (exact) mass is 192 g/mol. The van der Waals surface area contributed by atoms with Crippen LogP contribution >= 0.6 is 0 Å². The Morgan fingerprint density at radius 1 is 1.69 bits per heavy atom. The van der Waals surface area contributed by atoms with E-state index in [1.807, 2.05) is 0 Å². The van der Waals surface area contributed by atoms with E-state index in [0.29, 0.717) is 6.92 Å². The summed E-state index contributed by atoms with van der Waals surface area (Å²) in [5.41, 5.74) is -4.28. The van der Waals surface area contributed by atoms with Crippen LogP contribution in [0.1, 0.15) is 6.92 Å². The van der Waals surface area contributed by atoms with Crippen LogP contribution in [0, 0.1) is 11.3 Å². The third kappa shape index (κ3) is 3.15. The van der Waals surface area contributed by atoms with Crippen molar-refractivity contribution >= 4 is 5.97 Å². The van der Waals surface area contributed by atoms with Gasteiger partial charge in [0.25, 0.3) is 6.43 Å². The fraction of sp³-hybridized carbons (Fsp3) is 0.429. The van der Waals surface area contributed by atoms with E-state index >= 15 is 0 Å². The first-order valence-electron chi connectivity index (χ1n) is 3.12. The molecule has 0 aliphatic heterocycles. The van der Waals surface area contributed by atoms with E-state index in [9.17, 15) is 23.1 Å². The Bertz CT molecular complexity index is 278. The second-order valence-corrected chi connectivity index (χ2v) is 2.41. The summed E-state index contributed by atoms with van der Waals surface area (Å²) in [5, 5.41) is 18.1. The smallest absolute Gasteiger partial charge is 0.275 e. The number of nitrogens with zero attached hydrogens (tertiary/aromatic N) is 1. The van der Waals surface area contributed by atoms with Crippen LogP contribution in [-0.2, 0) is 4.79 Å². The molecule has 72 valence electrons. The van der Waals surface area contributed by atoms with Crippen LogP contribution in [0.5, 0.6) is 0 Å². The van der Waals surface area contributed by atoms with Crippen molar-refractivity contribution in [3.8, 4) is 6.07 Å². The fourth-order valence-electron chi connectivity index (χ4n) is 0.482. The van der Waals surface area contributed by atoms with Crippen molar-refractivity contribution in [2.45, 2.75) is 19.0 Å². The Kier molecular flexibility index (Phi) is 3.48.